The maximum absolute atomic E-state index is 4.68. The Hall–Kier alpha value is -3.05. The van der Waals surface area contributed by atoms with Crippen molar-refractivity contribution in [1.82, 2.24) is 14.5 Å². The molecule has 0 fully saturated rings. The Balaban J connectivity index is 1.79. The Kier molecular flexibility index (Phi) is 2.51. The first-order valence-electron chi connectivity index (χ1n) is 8.23. The van der Waals surface area contributed by atoms with Crippen LogP contribution in [0.5, 0.6) is 0 Å². The predicted octanol–water partition coefficient (Wildman–Crippen LogP) is 3.95. The van der Waals surface area contributed by atoms with Crippen molar-refractivity contribution in [1.29, 1.82) is 0 Å². The lowest BCUT2D eigenvalue weighted by Gasteiger charge is -2.00. The molecule has 0 saturated carbocycles. The zero-order valence-electron chi connectivity index (χ0n) is 13.3. The number of thiazole rings is 1. The van der Waals surface area contributed by atoms with E-state index in [1.165, 1.54) is 26.3 Å². The summed E-state index contributed by atoms with van der Waals surface area (Å²) in [6.45, 7) is 0.814. The zero-order valence-corrected chi connectivity index (χ0v) is 14.1. The summed E-state index contributed by atoms with van der Waals surface area (Å²) in [6.07, 6.45) is 3.74. The molecule has 0 spiro atoms. The highest BCUT2D eigenvalue weighted by atomic mass is 32.1. The van der Waals surface area contributed by atoms with Gasteiger partial charge in [0.2, 0.25) is 5.65 Å². The van der Waals surface area contributed by atoms with E-state index < -0.39 is 0 Å². The van der Waals surface area contributed by atoms with Gasteiger partial charge in [-0.05, 0) is 36.4 Å². The maximum atomic E-state index is 4.68. The van der Waals surface area contributed by atoms with Crippen LogP contribution in [0.15, 0.2) is 67.0 Å². The summed E-state index contributed by atoms with van der Waals surface area (Å²) in [5.41, 5.74) is 5.75. The highest BCUT2D eigenvalue weighted by Crippen LogP contribution is 2.39. The van der Waals surface area contributed by atoms with Crippen LogP contribution in [-0.4, -0.2) is 14.5 Å². The molecule has 1 aliphatic heterocycles. The van der Waals surface area contributed by atoms with Crippen molar-refractivity contribution in [2.24, 2.45) is 0 Å². The molecule has 5 aromatic rings. The molecular formula is C20H13N4S+. The number of para-hydroxylation sites is 1. The van der Waals surface area contributed by atoms with E-state index in [4.69, 9.17) is 0 Å². The van der Waals surface area contributed by atoms with E-state index in [9.17, 15) is 0 Å². The molecule has 0 bridgehead atoms. The number of hydrogen-bond donors (Lipinski definition) is 0. The molecule has 4 nitrogen and oxygen atoms in total. The lowest BCUT2D eigenvalue weighted by molar-refractivity contribution is -0.644. The molecule has 0 amide bonds. The van der Waals surface area contributed by atoms with Gasteiger partial charge in [-0.1, -0.05) is 29.5 Å². The van der Waals surface area contributed by atoms with Crippen molar-refractivity contribution in [3.05, 3.63) is 72.7 Å². The molecule has 25 heavy (non-hydrogen) atoms. The van der Waals surface area contributed by atoms with Crippen LogP contribution in [0.1, 0.15) is 5.69 Å². The molecule has 0 N–H and O–H groups in total. The van der Waals surface area contributed by atoms with Gasteiger partial charge in [0.25, 0.3) is 0 Å². The molecule has 5 heteroatoms. The van der Waals surface area contributed by atoms with E-state index in [2.05, 4.69) is 55.5 Å². The average Bonchev–Trinajstić information content (AvgIpc) is 3.30. The summed E-state index contributed by atoms with van der Waals surface area (Å²) in [6, 6.07) is 18.8. The van der Waals surface area contributed by atoms with Crippen molar-refractivity contribution < 1.29 is 4.57 Å². The van der Waals surface area contributed by atoms with Gasteiger partial charge in [0.05, 0.1) is 16.6 Å². The number of pyridine rings is 2. The zero-order chi connectivity index (χ0) is 16.4. The third-order valence-corrected chi connectivity index (χ3v) is 6.04. The van der Waals surface area contributed by atoms with Crippen molar-refractivity contribution in [3.63, 3.8) is 0 Å². The van der Waals surface area contributed by atoms with Gasteiger partial charge >= 0.3 is 5.65 Å². The molecule has 4 aromatic heterocycles. The summed E-state index contributed by atoms with van der Waals surface area (Å²) < 4.78 is 5.94. The van der Waals surface area contributed by atoms with Gasteiger partial charge in [-0.2, -0.15) is 4.57 Å². The highest BCUT2D eigenvalue weighted by molar-refractivity contribution is 7.22. The standard InChI is InChI=1S/C20H13N4S/c1-2-6-13(7-3-1)24-18-15(9-5-11-22-18)17-19(24)23-12-16-14(20(23)25-17)8-4-10-21-16/h1-11H,12H2/q+1. The van der Waals surface area contributed by atoms with Gasteiger partial charge in [0, 0.05) is 12.4 Å². The number of aromatic nitrogens is 4. The molecule has 6 rings (SSSR count). The minimum absolute atomic E-state index is 0.814. The molecule has 1 aromatic carbocycles. The average molecular weight is 341 g/mol. The van der Waals surface area contributed by atoms with Crippen molar-refractivity contribution in [2.45, 2.75) is 6.54 Å². The van der Waals surface area contributed by atoms with Crippen LogP contribution in [0.3, 0.4) is 0 Å². The lowest BCUT2D eigenvalue weighted by atomic mass is 10.2. The minimum Gasteiger partial charge on any atom is -0.256 e. The van der Waals surface area contributed by atoms with Gasteiger partial charge in [-0.25, -0.2) is 9.55 Å². The third-order valence-electron chi connectivity index (χ3n) is 4.80. The summed E-state index contributed by atoms with van der Waals surface area (Å²) >= 11 is 1.84. The van der Waals surface area contributed by atoms with Gasteiger partial charge < -0.3 is 0 Å². The summed E-state index contributed by atoms with van der Waals surface area (Å²) in [5.74, 6) is 0. The van der Waals surface area contributed by atoms with Crippen molar-refractivity contribution in [2.75, 3.05) is 0 Å². The molecule has 0 saturated heterocycles. The minimum atomic E-state index is 0.814. The fourth-order valence-electron chi connectivity index (χ4n) is 3.74. The third kappa shape index (κ3) is 1.68. The Labute approximate surface area is 147 Å². The van der Waals surface area contributed by atoms with E-state index in [1.807, 2.05) is 41.9 Å². The van der Waals surface area contributed by atoms with Crippen LogP contribution < -0.4 is 4.57 Å². The second-order valence-electron chi connectivity index (χ2n) is 6.19. The molecule has 1 aliphatic rings. The van der Waals surface area contributed by atoms with E-state index in [1.54, 1.807) is 0 Å². The van der Waals surface area contributed by atoms with Crippen LogP contribution in [-0.2, 0) is 6.54 Å². The van der Waals surface area contributed by atoms with Gasteiger partial charge in [-0.15, -0.1) is 0 Å². The van der Waals surface area contributed by atoms with E-state index >= 15 is 0 Å². The fraction of sp³-hybridized carbons (Fsp3) is 0.0500. The molecular weight excluding hydrogens is 328 g/mol. The molecule has 0 atom stereocenters. The van der Waals surface area contributed by atoms with Gasteiger partial charge in [0.1, 0.15) is 16.9 Å². The van der Waals surface area contributed by atoms with Crippen LogP contribution in [0.25, 0.3) is 37.6 Å². The second kappa shape index (κ2) is 4.74. The fourth-order valence-corrected chi connectivity index (χ4v) is 5.06. The van der Waals surface area contributed by atoms with Crippen LogP contribution in [0, 0.1) is 0 Å². The Bertz CT molecular complexity index is 1270. The van der Waals surface area contributed by atoms with E-state index in [0.717, 1.165) is 23.6 Å². The summed E-state index contributed by atoms with van der Waals surface area (Å²) in [5, 5.41) is 2.49. The molecule has 5 heterocycles. The lowest BCUT2D eigenvalue weighted by Crippen LogP contribution is -2.32. The van der Waals surface area contributed by atoms with Crippen molar-refractivity contribution >= 4 is 32.7 Å². The molecule has 0 unspecified atom stereocenters. The summed E-state index contributed by atoms with van der Waals surface area (Å²) in [7, 11) is 0. The Morgan fingerprint density at radius 2 is 1.76 bits per heavy atom. The SMILES string of the molecule is c1ccc(-n2c3ncccc3c3sc4[n+](c32)Cc2ncccc2-4)cc1. The summed E-state index contributed by atoms with van der Waals surface area (Å²) in [4.78, 5) is 9.25. The topological polar surface area (TPSA) is 34.6 Å². The Morgan fingerprint density at radius 1 is 0.920 bits per heavy atom. The molecule has 118 valence electrons. The second-order valence-corrected chi connectivity index (χ2v) is 7.19. The first-order valence-corrected chi connectivity index (χ1v) is 9.05. The maximum Gasteiger partial charge on any atom is 0.308 e. The predicted molar refractivity (Wildman–Crippen MR) is 99.0 cm³/mol. The number of hydrogen-bond acceptors (Lipinski definition) is 3. The van der Waals surface area contributed by atoms with Gasteiger partial charge in [-0.3, -0.25) is 4.98 Å². The van der Waals surface area contributed by atoms with Crippen LogP contribution >= 0.6 is 11.3 Å². The number of nitrogens with zero attached hydrogens (tertiary/aromatic N) is 4. The monoisotopic (exact) mass is 341 g/mol. The van der Waals surface area contributed by atoms with Crippen LogP contribution in [0.2, 0.25) is 0 Å². The van der Waals surface area contributed by atoms with Gasteiger partial charge in [0.15, 0.2) is 5.01 Å². The number of fused-ring (bicyclic) bond motifs is 7. The first kappa shape index (κ1) is 13.3. The van der Waals surface area contributed by atoms with Crippen molar-refractivity contribution in [3.8, 4) is 16.3 Å². The van der Waals surface area contributed by atoms with E-state index in [0.29, 0.717) is 0 Å². The quantitative estimate of drug-likeness (QED) is 0.424. The first-order chi connectivity index (χ1) is 12.4. The van der Waals surface area contributed by atoms with Crippen LogP contribution in [0.4, 0.5) is 0 Å². The largest absolute Gasteiger partial charge is 0.308 e. The van der Waals surface area contributed by atoms with E-state index in [-0.39, 0.29) is 0 Å². The Morgan fingerprint density at radius 3 is 2.68 bits per heavy atom. The normalized spacial score (nSPS) is 12.6. The molecule has 0 aliphatic carbocycles. The number of rotatable bonds is 1. The highest BCUT2D eigenvalue weighted by Gasteiger charge is 2.34. The number of benzene rings is 1. The molecule has 0 radical (unpaired) electrons. The smallest absolute Gasteiger partial charge is 0.256 e.